The smallest absolute Gasteiger partial charge is 0.134 e. The number of furan rings is 1. The van der Waals surface area contributed by atoms with Gasteiger partial charge in [-0.25, -0.2) is 10.4 Å². The number of hydrogen-bond acceptors (Lipinski definition) is 4. The minimum absolute atomic E-state index is 0.0583. The van der Waals surface area contributed by atoms with Crippen LogP contribution in [0.25, 0.3) is 22.0 Å². The summed E-state index contributed by atoms with van der Waals surface area (Å²) in [5, 5.41) is 1.12. The Morgan fingerprint density at radius 1 is 1.04 bits per heavy atom. The van der Waals surface area contributed by atoms with E-state index in [0.29, 0.717) is 0 Å². The lowest BCUT2D eigenvalue weighted by atomic mass is 9.99. The average Bonchev–Trinajstić information content (AvgIpc) is 3.30. The molecule has 2 aromatic carbocycles. The van der Waals surface area contributed by atoms with E-state index in [1.54, 1.807) is 0 Å². The number of rotatable bonds is 2. The molecule has 5 rings (SSSR count). The predicted molar refractivity (Wildman–Crippen MR) is 88.9 cm³/mol. The number of H-pyrrole nitrogens is 1. The summed E-state index contributed by atoms with van der Waals surface area (Å²) >= 11 is 0. The molecule has 2 unspecified atom stereocenters. The minimum atomic E-state index is 0.0583. The maximum absolute atomic E-state index is 6.03. The lowest BCUT2D eigenvalue weighted by Crippen LogP contribution is -2.24. The number of fused-ring (bicyclic) bond motifs is 2. The van der Waals surface area contributed by atoms with Gasteiger partial charge in [0.2, 0.25) is 0 Å². The Hall–Kier alpha value is -2.63. The van der Waals surface area contributed by atoms with Gasteiger partial charge < -0.3 is 9.40 Å². The van der Waals surface area contributed by atoms with Gasteiger partial charge in [0.25, 0.3) is 0 Å². The zero-order valence-electron chi connectivity index (χ0n) is 12.4. The number of hydrogen-bond donors (Lipinski definition) is 3. The Labute approximate surface area is 132 Å². The fraction of sp³-hybridized carbons (Fsp3) is 0.167. The number of para-hydroxylation sites is 3. The second-order valence-corrected chi connectivity index (χ2v) is 5.94. The summed E-state index contributed by atoms with van der Waals surface area (Å²) in [5.74, 6) is 2.11. The van der Waals surface area contributed by atoms with Crippen LogP contribution in [0.4, 0.5) is 0 Å². The molecule has 5 nitrogen and oxygen atoms in total. The molecule has 23 heavy (non-hydrogen) atoms. The first-order valence-electron chi connectivity index (χ1n) is 7.80. The molecular formula is C18H16N4O. The second-order valence-electron chi connectivity index (χ2n) is 5.94. The third kappa shape index (κ3) is 2.05. The molecule has 2 aromatic heterocycles. The molecule has 0 saturated carbocycles. The van der Waals surface area contributed by atoms with E-state index in [0.717, 1.165) is 40.1 Å². The van der Waals surface area contributed by atoms with E-state index in [1.165, 1.54) is 0 Å². The molecule has 3 heterocycles. The normalized spacial score (nSPS) is 21.4. The topological polar surface area (TPSA) is 65.9 Å². The van der Waals surface area contributed by atoms with Crippen LogP contribution in [0.1, 0.15) is 23.5 Å². The number of benzene rings is 2. The first-order chi connectivity index (χ1) is 11.4. The van der Waals surface area contributed by atoms with Gasteiger partial charge in [0.1, 0.15) is 17.2 Å². The van der Waals surface area contributed by atoms with Crippen molar-refractivity contribution >= 4 is 22.0 Å². The lowest BCUT2D eigenvalue weighted by Gasteiger charge is -2.13. The molecule has 0 bridgehead atoms. The highest BCUT2D eigenvalue weighted by molar-refractivity contribution is 5.78. The molecule has 114 valence electrons. The van der Waals surface area contributed by atoms with Crippen molar-refractivity contribution in [1.82, 2.24) is 20.8 Å². The van der Waals surface area contributed by atoms with E-state index >= 15 is 0 Å². The summed E-state index contributed by atoms with van der Waals surface area (Å²) in [4.78, 5) is 8.19. The van der Waals surface area contributed by atoms with E-state index in [4.69, 9.17) is 9.40 Å². The van der Waals surface area contributed by atoms with Crippen molar-refractivity contribution < 1.29 is 4.42 Å². The molecule has 0 spiro atoms. The van der Waals surface area contributed by atoms with Crippen molar-refractivity contribution in [1.29, 1.82) is 0 Å². The lowest BCUT2D eigenvalue weighted by molar-refractivity contribution is 0.431. The van der Waals surface area contributed by atoms with Crippen molar-refractivity contribution in [3.05, 3.63) is 66.2 Å². The van der Waals surface area contributed by atoms with E-state index in [2.05, 4.69) is 34.0 Å². The summed E-state index contributed by atoms with van der Waals surface area (Å²) < 4.78 is 6.03. The Bertz CT molecular complexity index is 841. The highest BCUT2D eigenvalue weighted by atomic mass is 16.3. The van der Waals surface area contributed by atoms with Gasteiger partial charge in [-0.3, -0.25) is 5.43 Å². The van der Waals surface area contributed by atoms with Crippen LogP contribution in [0.2, 0.25) is 0 Å². The van der Waals surface area contributed by atoms with Gasteiger partial charge in [0, 0.05) is 11.9 Å². The number of aromatic amines is 1. The molecule has 1 fully saturated rings. The van der Waals surface area contributed by atoms with Crippen LogP contribution < -0.4 is 10.9 Å². The van der Waals surface area contributed by atoms with Crippen LogP contribution in [-0.4, -0.2) is 16.5 Å². The molecule has 0 amide bonds. The molecular weight excluding hydrogens is 288 g/mol. The van der Waals surface area contributed by atoms with Gasteiger partial charge in [-0.15, -0.1) is 0 Å². The Balaban J connectivity index is 1.56. The summed E-state index contributed by atoms with van der Waals surface area (Å²) in [6.07, 6.45) is 0. The van der Waals surface area contributed by atoms with Gasteiger partial charge in [-0.1, -0.05) is 30.3 Å². The predicted octanol–water partition coefficient (Wildman–Crippen LogP) is 3.24. The minimum Gasteiger partial charge on any atom is -0.459 e. The van der Waals surface area contributed by atoms with Crippen LogP contribution in [0.5, 0.6) is 0 Å². The van der Waals surface area contributed by atoms with E-state index in [9.17, 15) is 0 Å². The molecule has 0 radical (unpaired) electrons. The van der Waals surface area contributed by atoms with E-state index in [1.807, 2.05) is 36.4 Å². The van der Waals surface area contributed by atoms with Crippen molar-refractivity contribution in [2.75, 3.05) is 6.54 Å². The SMILES string of the molecule is c1ccc2oc(C3NNCC3c3nc4ccccc4[nH]3)cc2c1. The zero-order valence-corrected chi connectivity index (χ0v) is 12.4. The van der Waals surface area contributed by atoms with Crippen LogP contribution in [0.15, 0.2) is 59.0 Å². The summed E-state index contributed by atoms with van der Waals surface area (Å²) in [6, 6.07) is 18.4. The molecule has 1 aliphatic rings. The van der Waals surface area contributed by atoms with Crippen LogP contribution in [0.3, 0.4) is 0 Å². The summed E-state index contributed by atoms with van der Waals surface area (Å²) in [5.41, 5.74) is 9.54. The summed E-state index contributed by atoms with van der Waals surface area (Å²) in [7, 11) is 0. The highest BCUT2D eigenvalue weighted by Gasteiger charge is 2.34. The number of nitrogens with one attached hydrogen (secondary N) is 3. The van der Waals surface area contributed by atoms with E-state index in [-0.39, 0.29) is 12.0 Å². The van der Waals surface area contributed by atoms with Gasteiger partial charge >= 0.3 is 0 Å². The van der Waals surface area contributed by atoms with Crippen molar-refractivity contribution in [3.8, 4) is 0 Å². The molecule has 5 heteroatoms. The molecule has 0 aliphatic carbocycles. The fourth-order valence-corrected chi connectivity index (χ4v) is 3.33. The summed E-state index contributed by atoms with van der Waals surface area (Å²) in [6.45, 7) is 0.807. The first-order valence-corrected chi connectivity index (χ1v) is 7.80. The number of imidazole rings is 1. The Morgan fingerprint density at radius 2 is 1.91 bits per heavy atom. The number of aromatic nitrogens is 2. The first kappa shape index (κ1) is 12.9. The van der Waals surface area contributed by atoms with Crippen LogP contribution in [0, 0.1) is 0 Å². The van der Waals surface area contributed by atoms with Crippen molar-refractivity contribution in [2.24, 2.45) is 0 Å². The van der Waals surface area contributed by atoms with Crippen molar-refractivity contribution in [2.45, 2.75) is 12.0 Å². The molecule has 4 aromatic rings. The van der Waals surface area contributed by atoms with Gasteiger partial charge in [-0.05, 0) is 24.3 Å². The number of nitrogens with zero attached hydrogens (tertiary/aromatic N) is 1. The highest BCUT2D eigenvalue weighted by Crippen LogP contribution is 2.35. The molecule has 2 atom stereocenters. The second kappa shape index (κ2) is 4.94. The quantitative estimate of drug-likeness (QED) is 0.532. The average molecular weight is 304 g/mol. The van der Waals surface area contributed by atoms with Gasteiger partial charge in [-0.2, -0.15) is 0 Å². The molecule has 1 saturated heterocycles. The van der Waals surface area contributed by atoms with Crippen LogP contribution >= 0.6 is 0 Å². The monoisotopic (exact) mass is 304 g/mol. The standard InChI is InChI=1S/C18H16N4O/c1-4-8-15-11(5-1)9-16(23-15)17-12(10-19-22-17)18-20-13-6-2-3-7-14(13)21-18/h1-9,12,17,19,22H,10H2,(H,20,21). The maximum atomic E-state index is 6.03. The maximum Gasteiger partial charge on any atom is 0.134 e. The molecule has 3 N–H and O–H groups in total. The van der Waals surface area contributed by atoms with Crippen LogP contribution in [-0.2, 0) is 0 Å². The third-order valence-electron chi connectivity index (χ3n) is 4.49. The van der Waals surface area contributed by atoms with E-state index < -0.39 is 0 Å². The Morgan fingerprint density at radius 3 is 2.83 bits per heavy atom. The zero-order chi connectivity index (χ0) is 15.2. The largest absolute Gasteiger partial charge is 0.459 e. The number of hydrazine groups is 1. The van der Waals surface area contributed by atoms with Gasteiger partial charge in [0.15, 0.2) is 0 Å². The molecule has 1 aliphatic heterocycles. The third-order valence-corrected chi connectivity index (χ3v) is 4.49. The van der Waals surface area contributed by atoms with Gasteiger partial charge in [0.05, 0.1) is 23.0 Å². The Kier molecular flexibility index (Phi) is 2.76. The fourth-order valence-electron chi connectivity index (χ4n) is 3.33. The van der Waals surface area contributed by atoms with Crippen molar-refractivity contribution in [3.63, 3.8) is 0 Å².